The first kappa shape index (κ1) is 20.0. The van der Waals surface area contributed by atoms with E-state index in [2.05, 4.69) is 15.6 Å². The van der Waals surface area contributed by atoms with Gasteiger partial charge in [0.25, 0.3) is 5.91 Å². The molecule has 1 fully saturated rings. The number of hydrogen-bond acceptors (Lipinski definition) is 4. The second kappa shape index (κ2) is 8.62. The Morgan fingerprint density at radius 1 is 1.00 bits per heavy atom. The van der Waals surface area contributed by atoms with Crippen LogP contribution in [0.1, 0.15) is 28.2 Å². The second-order valence-electron chi connectivity index (χ2n) is 7.06. The highest BCUT2D eigenvalue weighted by atomic mass is 32.1. The van der Waals surface area contributed by atoms with Gasteiger partial charge in [0.1, 0.15) is 15.7 Å². The predicted molar refractivity (Wildman–Crippen MR) is 116 cm³/mol. The Morgan fingerprint density at radius 2 is 1.63 bits per heavy atom. The number of rotatable bonds is 4. The molecule has 0 unspecified atom stereocenters. The van der Waals surface area contributed by atoms with E-state index in [4.69, 9.17) is 0 Å². The molecular weight excluding hydrogens is 403 g/mol. The summed E-state index contributed by atoms with van der Waals surface area (Å²) in [5.74, 6) is -0.626. The number of hydrogen-bond donors (Lipinski definition) is 2. The van der Waals surface area contributed by atoms with Crippen LogP contribution in [0, 0.1) is 12.7 Å². The lowest BCUT2D eigenvalue weighted by Gasteiger charge is -2.18. The Morgan fingerprint density at radius 3 is 2.30 bits per heavy atom. The maximum atomic E-state index is 13.2. The highest BCUT2D eigenvalue weighted by Crippen LogP contribution is 2.30. The predicted octanol–water partition coefficient (Wildman–Crippen LogP) is 5.14. The van der Waals surface area contributed by atoms with Crippen LogP contribution in [-0.2, 0) is 0 Å². The Bertz CT molecular complexity index is 1070. The third kappa shape index (κ3) is 4.33. The van der Waals surface area contributed by atoms with Crippen molar-refractivity contribution in [2.75, 3.05) is 23.7 Å². The number of likely N-dealkylation sites (tertiary alicyclic amines) is 1. The molecule has 4 rings (SSSR count). The molecule has 0 bridgehead atoms. The Balaban J connectivity index is 1.52. The van der Waals surface area contributed by atoms with Gasteiger partial charge in [-0.15, -0.1) is 11.3 Å². The topological polar surface area (TPSA) is 74.3 Å². The first-order chi connectivity index (χ1) is 14.5. The van der Waals surface area contributed by atoms with Gasteiger partial charge in [-0.1, -0.05) is 12.1 Å². The molecule has 2 N–H and O–H groups in total. The van der Waals surface area contributed by atoms with Crippen molar-refractivity contribution in [2.24, 2.45) is 0 Å². The number of nitrogens with one attached hydrogen (secondary N) is 2. The summed E-state index contributed by atoms with van der Waals surface area (Å²) in [5.41, 5.74) is 2.41. The normalized spacial score (nSPS) is 13.3. The quantitative estimate of drug-likeness (QED) is 0.609. The van der Waals surface area contributed by atoms with Crippen LogP contribution in [0.3, 0.4) is 0 Å². The van der Waals surface area contributed by atoms with Gasteiger partial charge in [-0.05, 0) is 56.2 Å². The van der Waals surface area contributed by atoms with E-state index in [0.29, 0.717) is 27.0 Å². The van der Waals surface area contributed by atoms with Gasteiger partial charge in [-0.25, -0.2) is 14.2 Å². The summed E-state index contributed by atoms with van der Waals surface area (Å²) in [5, 5.41) is 6.41. The van der Waals surface area contributed by atoms with Gasteiger partial charge >= 0.3 is 6.03 Å². The molecule has 2 heterocycles. The summed E-state index contributed by atoms with van der Waals surface area (Å²) in [6.45, 7) is 3.25. The monoisotopic (exact) mass is 424 g/mol. The molecule has 0 atom stereocenters. The Labute approximate surface area is 177 Å². The minimum atomic E-state index is -0.322. The molecule has 1 aliphatic heterocycles. The van der Waals surface area contributed by atoms with Crippen molar-refractivity contribution in [2.45, 2.75) is 19.8 Å². The highest BCUT2D eigenvalue weighted by Gasteiger charge is 2.20. The van der Waals surface area contributed by atoms with Gasteiger partial charge in [-0.2, -0.15) is 0 Å². The van der Waals surface area contributed by atoms with Crippen LogP contribution in [0.4, 0.5) is 20.6 Å². The maximum Gasteiger partial charge on any atom is 0.321 e. The van der Waals surface area contributed by atoms with Crippen LogP contribution in [0.25, 0.3) is 10.6 Å². The van der Waals surface area contributed by atoms with Crippen molar-refractivity contribution < 1.29 is 14.0 Å². The third-order valence-corrected chi connectivity index (χ3v) is 6.11. The van der Waals surface area contributed by atoms with E-state index in [0.717, 1.165) is 31.5 Å². The van der Waals surface area contributed by atoms with E-state index >= 15 is 0 Å². The molecule has 0 saturated carbocycles. The molecule has 30 heavy (non-hydrogen) atoms. The zero-order chi connectivity index (χ0) is 21.1. The molecule has 0 radical (unpaired) electrons. The van der Waals surface area contributed by atoms with Crippen molar-refractivity contribution in [3.05, 3.63) is 64.9 Å². The number of aryl methyl sites for hydroxylation is 1. The number of urea groups is 1. The van der Waals surface area contributed by atoms with Gasteiger partial charge in [0.15, 0.2) is 0 Å². The molecule has 0 spiro atoms. The van der Waals surface area contributed by atoms with Crippen LogP contribution < -0.4 is 10.6 Å². The first-order valence-electron chi connectivity index (χ1n) is 9.71. The summed E-state index contributed by atoms with van der Waals surface area (Å²) in [6, 6.07) is 12.9. The molecule has 0 aliphatic carbocycles. The fourth-order valence-electron chi connectivity index (χ4n) is 3.32. The lowest BCUT2D eigenvalue weighted by atomic mass is 10.2. The molecule has 8 heteroatoms. The van der Waals surface area contributed by atoms with E-state index in [1.165, 1.54) is 23.5 Å². The molecule has 154 valence electrons. The average Bonchev–Trinajstić information content (AvgIpc) is 3.40. The van der Waals surface area contributed by atoms with E-state index in [9.17, 15) is 14.0 Å². The number of aromatic nitrogens is 1. The van der Waals surface area contributed by atoms with Crippen LogP contribution in [0.5, 0.6) is 0 Å². The summed E-state index contributed by atoms with van der Waals surface area (Å²) in [7, 11) is 0. The number of carbonyl (C=O) groups is 2. The number of nitrogens with zero attached hydrogens (tertiary/aromatic N) is 2. The lowest BCUT2D eigenvalue weighted by Crippen LogP contribution is -2.32. The zero-order valence-electron chi connectivity index (χ0n) is 16.4. The van der Waals surface area contributed by atoms with Crippen molar-refractivity contribution in [1.29, 1.82) is 0 Å². The fraction of sp³-hybridized carbons (Fsp3) is 0.227. The molecule has 3 aromatic rings. The molecular formula is C22H21FN4O2S. The number of halogens is 1. The molecule has 1 aliphatic rings. The van der Waals surface area contributed by atoms with Crippen molar-refractivity contribution in [3.8, 4) is 10.6 Å². The maximum absolute atomic E-state index is 13.2. The van der Waals surface area contributed by atoms with E-state index in [1.807, 2.05) is 0 Å². The minimum absolute atomic E-state index is 0.165. The van der Waals surface area contributed by atoms with Gasteiger partial charge in [0, 0.05) is 18.7 Å². The van der Waals surface area contributed by atoms with Crippen LogP contribution in [-0.4, -0.2) is 34.9 Å². The van der Waals surface area contributed by atoms with Gasteiger partial charge in [0.05, 0.1) is 17.1 Å². The molecule has 1 aromatic heterocycles. The number of anilines is 2. The smallest absolute Gasteiger partial charge is 0.321 e. The first-order valence-corrected chi connectivity index (χ1v) is 10.5. The number of benzene rings is 2. The van der Waals surface area contributed by atoms with E-state index in [1.54, 1.807) is 48.2 Å². The van der Waals surface area contributed by atoms with Crippen LogP contribution in [0.2, 0.25) is 0 Å². The Kier molecular flexibility index (Phi) is 5.76. The molecule has 2 aromatic carbocycles. The van der Waals surface area contributed by atoms with Crippen LogP contribution in [0.15, 0.2) is 48.5 Å². The summed E-state index contributed by atoms with van der Waals surface area (Å²) >= 11 is 1.24. The highest BCUT2D eigenvalue weighted by molar-refractivity contribution is 7.17. The molecule has 6 nitrogen and oxygen atoms in total. The van der Waals surface area contributed by atoms with Crippen molar-refractivity contribution >= 4 is 34.6 Å². The Hall–Kier alpha value is -3.26. The summed E-state index contributed by atoms with van der Waals surface area (Å²) in [6.07, 6.45) is 2.01. The largest absolute Gasteiger partial charge is 0.325 e. The average molecular weight is 425 g/mol. The minimum Gasteiger partial charge on any atom is -0.325 e. The SMILES string of the molecule is Cc1nc(-c2ccc(F)cc2)sc1C(=O)Nc1ccccc1NC(=O)N1CCCC1. The van der Waals surface area contributed by atoms with E-state index in [-0.39, 0.29) is 17.8 Å². The number of para-hydroxylation sites is 2. The number of thiazole rings is 1. The standard InChI is InChI=1S/C22H21FN4O2S/c1-14-19(30-21(24-14)15-8-10-16(23)11-9-15)20(28)25-17-6-2-3-7-18(17)26-22(29)27-12-4-5-13-27/h2-3,6-11H,4-5,12-13H2,1H3,(H,25,28)(H,26,29). The lowest BCUT2D eigenvalue weighted by molar-refractivity contribution is 0.102. The van der Waals surface area contributed by atoms with Crippen LogP contribution >= 0.6 is 11.3 Å². The van der Waals surface area contributed by atoms with E-state index < -0.39 is 0 Å². The van der Waals surface area contributed by atoms with Crippen molar-refractivity contribution in [3.63, 3.8) is 0 Å². The third-order valence-electron chi connectivity index (χ3n) is 4.90. The summed E-state index contributed by atoms with van der Waals surface area (Å²) < 4.78 is 13.2. The molecule has 3 amide bonds. The molecule has 1 saturated heterocycles. The fourth-order valence-corrected chi connectivity index (χ4v) is 4.28. The summed E-state index contributed by atoms with van der Waals surface area (Å²) in [4.78, 5) is 32.0. The van der Waals surface area contributed by atoms with Gasteiger partial charge in [-0.3, -0.25) is 4.79 Å². The zero-order valence-corrected chi connectivity index (χ0v) is 17.3. The van der Waals surface area contributed by atoms with Gasteiger partial charge < -0.3 is 15.5 Å². The number of carbonyl (C=O) groups excluding carboxylic acids is 2. The van der Waals surface area contributed by atoms with Gasteiger partial charge in [0.2, 0.25) is 0 Å². The second-order valence-corrected chi connectivity index (χ2v) is 8.06. The number of amides is 3. The van der Waals surface area contributed by atoms with Crippen molar-refractivity contribution in [1.82, 2.24) is 9.88 Å².